The Bertz CT molecular complexity index is 403. The summed E-state index contributed by atoms with van der Waals surface area (Å²) in [6.07, 6.45) is 2.25. The molecule has 1 N–H and O–H groups in total. The second-order valence-electron chi connectivity index (χ2n) is 4.75. The molecule has 1 aliphatic rings. The molecule has 0 spiro atoms. The molecule has 1 aromatic rings. The molecular formula is C14H20N2O. The third kappa shape index (κ3) is 2.86. The monoisotopic (exact) mass is 232 g/mol. The van der Waals surface area contributed by atoms with Crippen LogP contribution in [0.25, 0.3) is 0 Å². The summed E-state index contributed by atoms with van der Waals surface area (Å²) in [6, 6.07) is 8.27. The van der Waals surface area contributed by atoms with Crippen molar-refractivity contribution in [2.75, 3.05) is 20.1 Å². The van der Waals surface area contributed by atoms with E-state index in [2.05, 4.69) is 5.32 Å². The fourth-order valence-electron chi connectivity index (χ4n) is 2.36. The average Bonchev–Trinajstić information content (AvgIpc) is 2.38. The van der Waals surface area contributed by atoms with Crippen molar-refractivity contribution in [3.8, 4) is 0 Å². The highest BCUT2D eigenvalue weighted by Gasteiger charge is 2.23. The Balaban J connectivity index is 2.09. The number of carbonyl (C=O) groups is 1. The Morgan fingerprint density at radius 2 is 2.29 bits per heavy atom. The zero-order chi connectivity index (χ0) is 12.3. The minimum absolute atomic E-state index is 0.161. The van der Waals surface area contributed by atoms with Crippen LogP contribution >= 0.6 is 0 Å². The lowest BCUT2D eigenvalue weighted by Gasteiger charge is -2.32. The predicted molar refractivity (Wildman–Crippen MR) is 69.2 cm³/mol. The van der Waals surface area contributed by atoms with E-state index in [4.69, 9.17) is 0 Å². The number of nitrogens with zero attached hydrogens (tertiary/aromatic N) is 1. The van der Waals surface area contributed by atoms with Crippen LogP contribution in [0.1, 0.15) is 28.8 Å². The summed E-state index contributed by atoms with van der Waals surface area (Å²) in [5.74, 6) is 0.161. The van der Waals surface area contributed by atoms with E-state index < -0.39 is 0 Å². The van der Waals surface area contributed by atoms with Crippen LogP contribution < -0.4 is 5.32 Å². The van der Waals surface area contributed by atoms with E-state index in [1.54, 1.807) is 0 Å². The molecule has 3 nitrogen and oxygen atoms in total. The van der Waals surface area contributed by atoms with Gasteiger partial charge in [-0.25, -0.2) is 0 Å². The van der Waals surface area contributed by atoms with Crippen molar-refractivity contribution in [2.24, 2.45) is 0 Å². The van der Waals surface area contributed by atoms with Gasteiger partial charge in [0, 0.05) is 24.7 Å². The number of carbonyl (C=O) groups excluding carboxylic acids is 1. The number of benzene rings is 1. The molecular weight excluding hydrogens is 212 g/mol. The van der Waals surface area contributed by atoms with Crippen LogP contribution in [-0.4, -0.2) is 37.0 Å². The Morgan fingerprint density at radius 1 is 1.47 bits per heavy atom. The molecule has 1 saturated heterocycles. The first-order valence-electron chi connectivity index (χ1n) is 6.24. The lowest BCUT2D eigenvalue weighted by atomic mass is 10.0. The summed E-state index contributed by atoms with van der Waals surface area (Å²) in [6.45, 7) is 3.72. The maximum absolute atomic E-state index is 12.3. The van der Waals surface area contributed by atoms with Crippen molar-refractivity contribution in [1.29, 1.82) is 0 Å². The smallest absolute Gasteiger partial charge is 0.253 e. The fourth-order valence-corrected chi connectivity index (χ4v) is 2.36. The lowest BCUT2D eigenvalue weighted by Crippen LogP contribution is -2.46. The largest absolute Gasteiger partial charge is 0.337 e. The first kappa shape index (κ1) is 12.1. The minimum Gasteiger partial charge on any atom is -0.337 e. The van der Waals surface area contributed by atoms with Crippen molar-refractivity contribution >= 4 is 5.91 Å². The molecule has 1 unspecified atom stereocenters. The maximum atomic E-state index is 12.3. The number of piperidine rings is 1. The number of rotatable bonds is 2. The number of hydrogen-bond acceptors (Lipinski definition) is 2. The van der Waals surface area contributed by atoms with Gasteiger partial charge in [-0.2, -0.15) is 0 Å². The number of likely N-dealkylation sites (tertiary alicyclic amines) is 1. The van der Waals surface area contributed by atoms with Crippen molar-refractivity contribution in [1.82, 2.24) is 10.2 Å². The molecule has 1 atom stereocenters. The van der Waals surface area contributed by atoms with Gasteiger partial charge in [0.25, 0.3) is 5.91 Å². The SMILES string of the molecule is CNC1CCCN(C(=O)c2cccc(C)c2)C1. The van der Waals surface area contributed by atoms with Gasteiger partial charge in [-0.3, -0.25) is 4.79 Å². The standard InChI is InChI=1S/C14H20N2O/c1-11-5-3-6-12(9-11)14(17)16-8-4-7-13(10-16)15-2/h3,5-6,9,13,15H,4,7-8,10H2,1-2H3. The average molecular weight is 232 g/mol. The molecule has 1 amide bonds. The highest BCUT2D eigenvalue weighted by atomic mass is 16.2. The van der Waals surface area contributed by atoms with Gasteiger partial charge in [0.15, 0.2) is 0 Å². The molecule has 0 aromatic heterocycles. The molecule has 0 aliphatic carbocycles. The quantitative estimate of drug-likeness (QED) is 0.843. The third-order valence-corrected chi connectivity index (χ3v) is 3.38. The molecule has 3 heteroatoms. The number of likely N-dealkylation sites (N-methyl/N-ethyl adjacent to an activating group) is 1. The summed E-state index contributed by atoms with van der Waals surface area (Å²) in [5, 5.41) is 3.26. The fraction of sp³-hybridized carbons (Fsp3) is 0.500. The molecule has 0 radical (unpaired) electrons. The van der Waals surface area contributed by atoms with Crippen LogP contribution in [0.3, 0.4) is 0 Å². The van der Waals surface area contributed by atoms with Crippen LogP contribution in [0.4, 0.5) is 0 Å². The Hall–Kier alpha value is -1.35. The first-order valence-corrected chi connectivity index (χ1v) is 6.24. The van der Waals surface area contributed by atoms with Crippen LogP contribution in [0, 0.1) is 6.92 Å². The minimum atomic E-state index is 0.161. The Morgan fingerprint density at radius 3 is 3.00 bits per heavy atom. The second kappa shape index (κ2) is 5.32. The molecule has 1 aromatic carbocycles. The van der Waals surface area contributed by atoms with Crippen molar-refractivity contribution in [3.05, 3.63) is 35.4 Å². The highest BCUT2D eigenvalue weighted by Crippen LogP contribution is 2.14. The van der Waals surface area contributed by atoms with E-state index in [-0.39, 0.29) is 5.91 Å². The molecule has 0 bridgehead atoms. The molecule has 17 heavy (non-hydrogen) atoms. The summed E-state index contributed by atoms with van der Waals surface area (Å²) in [5.41, 5.74) is 1.94. The van der Waals surface area contributed by atoms with E-state index >= 15 is 0 Å². The van der Waals surface area contributed by atoms with E-state index in [1.807, 2.05) is 43.1 Å². The van der Waals surface area contributed by atoms with Crippen LogP contribution in [-0.2, 0) is 0 Å². The lowest BCUT2D eigenvalue weighted by molar-refractivity contribution is 0.0698. The van der Waals surface area contributed by atoms with E-state index in [0.29, 0.717) is 6.04 Å². The Labute approximate surface area is 103 Å². The summed E-state index contributed by atoms with van der Waals surface area (Å²) < 4.78 is 0. The molecule has 1 fully saturated rings. The van der Waals surface area contributed by atoms with Gasteiger partial charge in [0.05, 0.1) is 0 Å². The topological polar surface area (TPSA) is 32.3 Å². The van der Waals surface area contributed by atoms with Crippen molar-refractivity contribution in [3.63, 3.8) is 0 Å². The van der Waals surface area contributed by atoms with Gasteiger partial charge in [0.1, 0.15) is 0 Å². The zero-order valence-electron chi connectivity index (χ0n) is 10.6. The molecule has 92 valence electrons. The summed E-state index contributed by atoms with van der Waals surface area (Å²) in [7, 11) is 1.96. The predicted octanol–water partition coefficient (Wildman–Crippen LogP) is 1.82. The second-order valence-corrected chi connectivity index (χ2v) is 4.75. The normalized spacial score (nSPS) is 20.4. The van der Waals surface area contributed by atoms with Gasteiger partial charge in [-0.05, 0) is 38.9 Å². The van der Waals surface area contributed by atoms with Crippen molar-refractivity contribution in [2.45, 2.75) is 25.8 Å². The van der Waals surface area contributed by atoms with Gasteiger partial charge in [-0.15, -0.1) is 0 Å². The number of hydrogen-bond donors (Lipinski definition) is 1. The van der Waals surface area contributed by atoms with Crippen LogP contribution in [0.5, 0.6) is 0 Å². The summed E-state index contributed by atoms with van der Waals surface area (Å²) >= 11 is 0. The Kier molecular flexibility index (Phi) is 3.79. The molecule has 1 aliphatic heterocycles. The number of nitrogens with one attached hydrogen (secondary N) is 1. The van der Waals surface area contributed by atoms with Gasteiger partial charge >= 0.3 is 0 Å². The molecule has 2 rings (SSSR count). The van der Waals surface area contributed by atoms with Crippen LogP contribution in [0.15, 0.2) is 24.3 Å². The first-order chi connectivity index (χ1) is 8.20. The zero-order valence-corrected chi connectivity index (χ0v) is 10.6. The third-order valence-electron chi connectivity index (χ3n) is 3.38. The van der Waals surface area contributed by atoms with Crippen molar-refractivity contribution < 1.29 is 4.79 Å². The van der Waals surface area contributed by atoms with E-state index in [1.165, 1.54) is 0 Å². The van der Waals surface area contributed by atoms with Gasteiger partial charge in [0.2, 0.25) is 0 Å². The molecule has 0 saturated carbocycles. The number of aryl methyl sites for hydroxylation is 1. The maximum Gasteiger partial charge on any atom is 0.253 e. The van der Waals surface area contributed by atoms with E-state index in [0.717, 1.165) is 37.1 Å². The summed E-state index contributed by atoms with van der Waals surface area (Å²) in [4.78, 5) is 14.3. The highest BCUT2D eigenvalue weighted by molar-refractivity contribution is 5.94. The van der Waals surface area contributed by atoms with E-state index in [9.17, 15) is 4.79 Å². The van der Waals surface area contributed by atoms with Gasteiger partial charge < -0.3 is 10.2 Å². The number of amides is 1. The van der Waals surface area contributed by atoms with Gasteiger partial charge in [-0.1, -0.05) is 17.7 Å². The van der Waals surface area contributed by atoms with Crippen LogP contribution in [0.2, 0.25) is 0 Å². The molecule has 1 heterocycles.